The molecule has 3 aliphatic rings. The molecule has 0 saturated heterocycles. The van der Waals surface area contributed by atoms with Gasteiger partial charge in [0.05, 0.1) is 16.8 Å². The zero-order chi connectivity index (χ0) is 44.1. The van der Waals surface area contributed by atoms with Crippen LogP contribution in [0.15, 0.2) is 243 Å². The predicted octanol–water partition coefficient (Wildman–Crippen LogP) is 17.2. The van der Waals surface area contributed by atoms with Crippen LogP contribution < -0.4 is 19.3 Å². The molecule has 1 spiro atoms. The van der Waals surface area contributed by atoms with Crippen LogP contribution in [0.25, 0.3) is 43.8 Å². The molecule has 0 amide bonds. The number of para-hydroxylation sites is 2. The molecule has 4 heteroatoms. The molecule has 67 heavy (non-hydrogen) atoms. The van der Waals surface area contributed by atoms with Crippen molar-refractivity contribution in [1.82, 2.24) is 0 Å². The fourth-order valence-electron chi connectivity index (χ4n) is 11.3. The lowest BCUT2D eigenvalue weighted by molar-refractivity contribution is 0.362. The lowest BCUT2D eigenvalue weighted by Crippen LogP contribution is -2.25. The van der Waals surface area contributed by atoms with Gasteiger partial charge < -0.3 is 19.3 Å². The molecule has 11 aromatic rings. The summed E-state index contributed by atoms with van der Waals surface area (Å²) in [4.78, 5) is 4.59. The number of anilines is 6. The van der Waals surface area contributed by atoms with E-state index in [1.165, 1.54) is 44.2 Å². The SMILES string of the molecule is c1ccc(N(c2ccc3ccccc3c2)c2ccc(N(c3ccccc3)c3ccc4ccccc4c3)c3c2Oc2ccc4c(c2O3)-c2ccccc2C42c3ccccc3-c3ccccc32)cc1. The molecule has 0 N–H and O–H groups in total. The fourth-order valence-corrected chi connectivity index (χ4v) is 11.3. The number of fused-ring (bicyclic) bond motifs is 15. The number of hydrogen-bond acceptors (Lipinski definition) is 4. The molecule has 0 aromatic heterocycles. The minimum atomic E-state index is -0.538. The first-order valence-corrected chi connectivity index (χ1v) is 22.9. The lowest BCUT2D eigenvalue weighted by Gasteiger charge is -2.35. The molecule has 0 fully saturated rings. The minimum absolute atomic E-state index is 0.538. The Morgan fingerprint density at radius 1 is 0.284 bits per heavy atom. The monoisotopic (exact) mass is 856 g/mol. The van der Waals surface area contributed by atoms with Gasteiger partial charge in [-0.3, -0.25) is 0 Å². The minimum Gasteiger partial charge on any atom is -0.447 e. The van der Waals surface area contributed by atoms with E-state index < -0.39 is 5.41 Å². The van der Waals surface area contributed by atoms with Gasteiger partial charge in [0.25, 0.3) is 0 Å². The second-order valence-corrected chi connectivity index (χ2v) is 17.6. The average molecular weight is 857 g/mol. The second-order valence-electron chi connectivity index (χ2n) is 17.6. The summed E-state index contributed by atoms with van der Waals surface area (Å²) < 4.78 is 15.2. The van der Waals surface area contributed by atoms with E-state index in [9.17, 15) is 0 Å². The van der Waals surface area contributed by atoms with Crippen molar-refractivity contribution >= 4 is 55.7 Å². The third-order valence-electron chi connectivity index (χ3n) is 14.1. The van der Waals surface area contributed by atoms with Crippen LogP contribution in [0.3, 0.4) is 0 Å². The Kier molecular flexibility index (Phi) is 8.16. The molecule has 14 rings (SSSR count). The van der Waals surface area contributed by atoms with Gasteiger partial charge in [-0.05, 0) is 127 Å². The van der Waals surface area contributed by atoms with Crippen LogP contribution >= 0.6 is 0 Å². The van der Waals surface area contributed by atoms with Crippen LogP contribution in [-0.2, 0) is 5.41 Å². The van der Waals surface area contributed by atoms with Gasteiger partial charge in [-0.15, -0.1) is 0 Å². The smallest absolute Gasteiger partial charge is 0.196 e. The maximum absolute atomic E-state index is 7.74. The zero-order valence-corrected chi connectivity index (χ0v) is 36.3. The number of rotatable bonds is 6. The van der Waals surface area contributed by atoms with Crippen LogP contribution in [0, 0.1) is 0 Å². The van der Waals surface area contributed by atoms with E-state index in [1.807, 2.05) is 0 Å². The molecule has 314 valence electrons. The molecular weight excluding hydrogens is 817 g/mol. The van der Waals surface area contributed by atoms with Crippen molar-refractivity contribution < 1.29 is 9.47 Å². The lowest BCUT2D eigenvalue weighted by atomic mass is 9.70. The van der Waals surface area contributed by atoms with Gasteiger partial charge in [0.2, 0.25) is 0 Å². The maximum Gasteiger partial charge on any atom is 0.196 e. The number of hydrogen-bond donors (Lipinski definition) is 0. The van der Waals surface area contributed by atoms with Gasteiger partial charge in [-0.1, -0.05) is 176 Å². The molecule has 2 aliphatic carbocycles. The summed E-state index contributed by atoms with van der Waals surface area (Å²) in [6.45, 7) is 0. The second kappa shape index (κ2) is 14.6. The van der Waals surface area contributed by atoms with E-state index >= 15 is 0 Å². The van der Waals surface area contributed by atoms with Crippen molar-refractivity contribution in [3.8, 4) is 45.3 Å². The van der Waals surface area contributed by atoms with Gasteiger partial charge in [0.1, 0.15) is 0 Å². The van der Waals surface area contributed by atoms with Crippen molar-refractivity contribution in [3.63, 3.8) is 0 Å². The van der Waals surface area contributed by atoms with Gasteiger partial charge in [0, 0.05) is 28.3 Å². The summed E-state index contributed by atoms with van der Waals surface area (Å²) in [5, 5.41) is 4.66. The number of benzene rings is 11. The molecule has 0 radical (unpaired) electrons. The van der Waals surface area contributed by atoms with Gasteiger partial charge in [0.15, 0.2) is 23.0 Å². The predicted molar refractivity (Wildman–Crippen MR) is 274 cm³/mol. The first kappa shape index (κ1) is 37.5. The first-order chi connectivity index (χ1) is 33.2. The Bertz CT molecular complexity index is 3740. The van der Waals surface area contributed by atoms with E-state index in [4.69, 9.17) is 9.47 Å². The van der Waals surface area contributed by atoms with Crippen LogP contribution in [0.4, 0.5) is 34.1 Å². The molecule has 0 atom stereocenters. The van der Waals surface area contributed by atoms with Crippen molar-refractivity contribution in [2.75, 3.05) is 9.80 Å². The van der Waals surface area contributed by atoms with Gasteiger partial charge in [-0.25, -0.2) is 0 Å². The van der Waals surface area contributed by atoms with Crippen LogP contribution in [-0.4, -0.2) is 0 Å². The largest absolute Gasteiger partial charge is 0.447 e. The molecule has 1 aliphatic heterocycles. The van der Waals surface area contributed by atoms with Gasteiger partial charge in [-0.2, -0.15) is 0 Å². The summed E-state index contributed by atoms with van der Waals surface area (Å²) >= 11 is 0. The molecule has 4 nitrogen and oxygen atoms in total. The number of ether oxygens (including phenoxy) is 2. The topological polar surface area (TPSA) is 24.9 Å². The third kappa shape index (κ3) is 5.47. The van der Waals surface area contributed by atoms with E-state index in [0.29, 0.717) is 23.0 Å². The Morgan fingerprint density at radius 2 is 0.716 bits per heavy atom. The van der Waals surface area contributed by atoms with Crippen molar-refractivity contribution in [3.05, 3.63) is 265 Å². The van der Waals surface area contributed by atoms with Crippen molar-refractivity contribution in [1.29, 1.82) is 0 Å². The molecule has 11 aromatic carbocycles. The van der Waals surface area contributed by atoms with E-state index in [1.54, 1.807) is 0 Å². The van der Waals surface area contributed by atoms with Gasteiger partial charge >= 0.3 is 0 Å². The highest BCUT2D eigenvalue weighted by Gasteiger charge is 2.53. The van der Waals surface area contributed by atoms with E-state index in [-0.39, 0.29) is 0 Å². The third-order valence-corrected chi connectivity index (χ3v) is 14.1. The molecular formula is C63H40N2O2. The molecule has 0 saturated carbocycles. The Hall–Kier alpha value is -8.86. The highest BCUT2D eigenvalue weighted by Crippen LogP contribution is 2.68. The average Bonchev–Trinajstić information content (AvgIpc) is 3.87. The van der Waals surface area contributed by atoms with Crippen molar-refractivity contribution in [2.24, 2.45) is 0 Å². The van der Waals surface area contributed by atoms with Crippen LogP contribution in [0.5, 0.6) is 23.0 Å². The fraction of sp³-hybridized carbons (Fsp3) is 0.0159. The highest BCUT2D eigenvalue weighted by atomic mass is 16.6. The van der Waals surface area contributed by atoms with E-state index in [0.717, 1.165) is 56.0 Å². The Balaban J connectivity index is 1.04. The Morgan fingerprint density at radius 3 is 1.25 bits per heavy atom. The quantitative estimate of drug-likeness (QED) is 0.166. The molecule has 0 bridgehead atoms. The van der Waals surface area contributed by atoms with Crippen LogP contribution in [0.1, 0.15) is 22.3 Å². The zero-order valence-electron chi connectivity index (χ0n) is 36.3. The summed E-state index contributed by atoms with van der Waals surface area (Å²) in [6, 6.07) is 86.9. The molecule has 0 unspecified atom stereocenters. The van der Waals surface area contributed by atoms with Crippen molar-refractivity contribution in [2.45, 2.75) is 5.41 Å². The maximum atomic E-state index is 7.74. The van der Waals surface area contributed by atoms with E-state index in [2.05, 4.69) is 252 Å². The normalized spacial score (nSPS) is 13.1. The summed E-state index contributed by atoms with van der Waals surface area (Å²) in [6.07, 6.45) is 0. The highest BCUT2D eigenvalue weighted by molar-refractivity contribution is 6.00. The standard InChI is InChI=1S/C63H40N2O2/c1-3-21-45(22-4-1)64(47-33-31-41-17-7-9-19-43(41)39-47)56-36-37-57(65(46-23-5-2-6-24-46)48-34-32-42-18-8-10-20-44(42)40-48)61-60(56)66-58-38-35-55-59(62(58)67-61)51-27-13-16-30-54(51)63(55)52-28-14-11-25-49(52)50-26-12-15-29-53(50)63/h1-40H. The Labute approximate surface area is 388 Å². The summed E-state index contributed by atoms with van der Waals surface area (Å²) in [5.41, 5.74) is 14.9. The first-order valence-electron chi connectivity index (χ1n) is 22.9. The summed E-state index contributed by atoms with van der Waals surface area (Å²) in [5.74, 6) is 2.63. The summed E-state index contributed by atoms with van der Waals surface area (Å²) in [7, 11) is 0. The molecule has 1 heterocycles. The van der Waals surface area contributed by atoms with Crippen LogP contribution in [0.2, 0.25) is 0 Å². The number of nitrogens with zero attached hydrogens (tertiary/aromatic N) is 2.